The van der Waals surface area contributed by atoms with Crippen molar-refractivity contribution in [1.82, 2.24) is 10.2 Å². The first-order valence-electron chi connectivity index (χ1n) is 7.54. The fraction of sp³-hybridized carbons (Fsp3) is 0.688. The monoisotopic (exact) mass is 296 g/mol. The maximum Gasteiger partial charge on any atom is 0.410 e. The minimum atomic E-state index is -0.445. The van der Waals surface area contributed by atoms with Gasteiger partial charge in [-0.05, 0) is 45.9 Å². The van der Waals surface area contributed by atoms with Crippen molar-refractivity contribution in [2.75, 3.05) is 20.1 Å². The smallest absolute Gasteiger partial charge is 0.410 e. The molecule has 1 aromatic rings. The van der Waals surface area contributed by atoms with Gasteiger partial charge in [0.15, 0.2) is 0 Å². The maximum absolute atomic E-state index is 11.7. The second kappa shape index (κ2) is 8.08. The van der Waals surface area contributed by atoms with E-state index in [1.54, 1.807) is 11.9 Å². The van der Waals surface area contributed by atoms with Crippen LogP contribution in [-0.4, -0.2) is 36.7 Å². The number of ether oxygens (including phenoxy) is 1. The van der Waals surface area contributed by atoms with Crippen LogP contribution in [0.15, 0.2) is 16.5 Å². The van der Waals surface area contributed by atoms with Crippen LogP contribution in [0.4, 0.5) is 4.79 Å². The van der Waals surface area contributed by atoms with Crippen LogP contribution in [0, 0.1) is 0 Å². The Morgan fingerprint density at radius 2 is 2.00 bits per heavy atom. The Bertz CT molecular complexity index is 435. The molecule has 0 bridgehead atoms. The predicted molar refractivity (Wildman–Crippen MR) is 83.3 cm³/mol. The molecule has 0 atom stereocenters. The minimum Gasteiger partial charge on any atom is -0.465 e. The summed E-state index contributed by atoms with van der Waals surface area (Å²) in [7, 11) is 1.76. The zero-order valence-electron chi connectivity index (χ0n) is 13.9. The Morgan fingerprint density at radius 1 is 1.33 bits per heavy atom. The number of carbonyl (C=O) groups is 1. The van der Waals surface area contributed by atoms with Gasteiger partial charge < -0.3 is 19.4 Å². The number of carbonyl (C=O) groups excluding carboxylic acids is 1. The number of amides is 1. The standard InChI is InChI=1S/C16H28N2O3/c1-6-13-8-9-14(20-13)12-17-10-7-11-18(5)15(19)21-16(2,3)4/h8-9,17H,6-7,10-12H2,1-5H3. The van der Waals surface area contributed by atoms with Crippen LogP contribution in [-0.2, 0) is 17.7 Å². The largest absolute Gasteiger partial charge is 0.465 e. The van der Waals surface area contributed by atoms with Crippen molar-refractivity contribution in [3.63, 3.8) is 0 Å². The molecule has 0 saturated heterocycles. The lowest BCUT2D eigenvalue weighted by atomic mass is 10.2. The molecule has 0 saturated carbocycles. The van der Waals surface area contributed by atoms with Gasteiger partial charge in [-0.3, -0.25) is 0 Å². The quantitative estimate of drug-likeness (QED) is 0.785. The number of nitrogens with one attached hydrogen (secondary N) is 1. The van der Waals surface area contributed by atoms with E-state index in [4.69, 9.17) is 9.15 Å². The summed E-state index contributed by atoms with van der Waals surface area (Å²) in [5, 5.41) is 3.31. The lowest BCUT2D eigenvalue weighted by Gasteiger charge is -2.24. The van der Waals surface area contributed by atoms with Crippen LogP contribution < -0.4 is 5.32 Å². The molecule has 0 aliphatic rings. The molecular formula is C16H28N2O3. The van der Waals surface area contributed by atoms with Crippen LogP contribution in [0.1, 0.15) is 45.6 Å². The van der Waals surface area contributed by atoms with Crippen LogP contribution in [0.3, 0.4) is 0 Å². The molecule has 0 aliphatic heterocycles. The Hall–Kier alpha value is -1.49. The summed E-state index contributed by atoms with van der Waals surface area (Å²) < 4.78 is 10.9. The fourth-order valence-corrected chi connectivity index (χ4v) is 1.79. The SMILES string of the molecule is CCc1ccc(CNCCCN(C)C(=O)OC(C)(C)C)o1. The molecule has 5 heteroatoms. The summed E-state index contributed by atoms with van der Waals surface area (Å²) in [4.78, 5) is 13.4. The van der Waals surface area contributed by atoms with E-state index in [0.29, 0.717) is 6.54 Å². The van der Waals surface area contributed by atoms with E-state index in [0.717, 1.165) is 37.5 Å². The molecule has 0 fully saturated rings. The van der Waals surface area contributed by atoms with Crippen LogP contribution in [0.25, 0.3) is 0 Å². The number of rotatable bonds is 7. The highest BCUT2D eigenvalue weighted by Crippen LogP contribution is 2.09. The van der Waals surface area contributed by atoms with E-state index in [-0.39, 0.29) is 6.09 Å². The van der Waals surface area contributed by atoms with Crippen LogP contribution in [0.2, 0.25) is 0 Å². The average molecular weight is 296 g/mol. The highest BCUT2D eigenvalue weighted by molar-refractivity contribution is 5.67. The molecule has 0 aliphatic carbocycles. The van der Waals surface area contributed by atoms with Crippen molar-refractivity contribution in [3.8, 4) is 0 Å². The predicted octanol–water partition coefficient (Wildman–Crippen LogP) is 3.19. The Kier molecular flexibility index (Phi) is 6.75. The van der Waals surface area contributed by atoms with Crippen molar-refractivity contribution >= 4 is 6.09 Å². The fourth-order valence-electron chi connectivity index (χ4n) is 1.79. The van der Waals surface area contributed by atoms with E-state index in [9.17, 15) is 4.79 Å². The van der Waals surface area contributed by atoms with Gasteiger partial charge in [-0.1, -0.05) is 6.92 Å². The van der Waals surface area contributed by atoms with Gasteiger partial charge in [0.05, 0.1) is 6.54 Å². The van der Waals surface area contributed by atoms with Crippen molar-refractivity contribution in [2.45, 2.75) is 52.7 Å². The average Bonchev–Trinajstić information content (AvgIpc) is 2.84. The molecule has 21 heavy (non-hydrogen) atoms. The number of hydrogen-bond acceptors (Lipinski definition) is 4. The zero-order valence-corrected chi connectivity index (χ0v) is 13.9. The van der Waals surface area contributed by atoms with Crippen molar-refractivity contribution < 1.29 is 13.9 Å². The number of nitrogens with zero attached hydrogens (tertiary/aromatic N) is 1. The van der Waals surface area contributed by atoms with Crippen molar-refractivity contribution in [2.24, 2.45) is 0 Å². The van der Waals surface area contributed by atoms with E-state index in [1.165, 1.54) is 0 Å². The molecule has 1 amide bonds. The van der Waals surface area contributed by atoms with Gasteiger partial charge in [0.25, 0.3) is 0 Å². The number of hydrogen-bond donors (Lipinski definition) is 1. The lowest BCUT2D eigenvalue weighted by Crippen LogP contribution is -2.35. The third kappa shape index (κ3) is 7.18. The maximum atomic E-state index is 11.7. The molecule has 1 N–H and O–H groups in total. The molecule has 0 radical (unpaired) electrons. The first-order valence-corrected chi connectivity index (χ1v) is 7.54. The van der Waals surface area contributed by atoms with Gasteiger partial charge in [-0.25, -0.2) is 4.79 Å². The van der Waals surface area contributed by atoms with Gasteiger partial charge in [0.2, 0.25) is 0 Å². The summed E-state index contributed by atoms with van der Waals surface area (Å²) in [5.41, 5.74) is -0.445. The molecule has 0 unspecified atom stereocenters. The van der Waals surface area contributed by atoms with E-state index >= 15 is 0 Å². The highest BCUT2D eigenvalue weighted by Gasteiger charge is 2.18. The van der Waals surface area contributed by atoms with Crippen molar-refractivity contribution in [3.05, 3.63) is 23.7 Å². The van der Waals surface area contributed by atoms with Gasteiger partial charge in [0.1, 0.15) is 17.1 Å². The second-order valence-corrected chi connectivity index (χ2v) is 6.15. The summed E-state index contributed by atoms with van der Waals surface area (Å²) in [6.07, 6.45) is 1.51. The molecule has 5 nitrogen and oxygen atoms in total. The molecule has 1 aromatic heterocycles. The number of furan rings is 1. The Balaban J connectivity index is 2.14. The topological polar surface area (TPSA) is 54.7 Å². The number of aryl methyl sites for hydroxylation is 1. The van der Waals surface area contributed by atoms with Gasteiger partial charge in [0, 0.05) is 20.0 Å². The van der Waals surface area contributed by atoms with E-state index in [2.05, 4.69) is 12.2 Å². The summed E-state index contributed by atoms with van der Waals surface area (Å²) in [6, 6.07) is 4.01. The first kappa shape index (κ1) is 17.6. The van der Waals surface area contributed by atoms with Crippen LogP contribution in [0.5, 0.6) is 0 Å². The van der Waals surface area contributed by atoms with E-state index in [1.807, 2.05) is 32.9 Å². The molecule has 1 rings (SSSR count). The summed E-state index contributed by atoms with van der Waals surface area (Å²) >= 11 is 0. The zero-order chi connectivity index (χ0) is 15.9. The minimum absolute atomic E-state index is 0.277. The lowest BCUT2D eigenvalue weighted by molar-refractivity contribution is 0.0297. The van der Waals surface area contributed by atoms with Gasteiger partial charge in [-0.2, -0.15) is 0 Å². The summed E-state index contributed by atoms with van der Waals surface area (Å²) in [5.74, 6) is 1.96. The molecule has 0 spiro atoms. The highest BCUT2D eigenvalue weighted by atomic mass is 16.6. The molecule has 1 heterocycles. The van der Waals surface area contributed by atoms with E-state index < -0.39 is 5.60 Å². The molecule has 120 valence electrons. The van der Waals surface area contributed by atoms with Crippen molar-refractivity contribution in [1.29, 1.82) is 0 Å². The third-order valence-electron chi connectivity index (χ3n) is 2.92. The van der Waals surface area contributed by atoms with Crippen LogP contribution >= 0.6 is 0 Å². The first-order chi connectivity index (χ1) is 9.81. The van der Waals surface area contributed by atoms with Gasteiger partial charge >= 0.3 is 6.09 Å². The second-order valence-electron chi connectivity index (χ2n) is 6.15. The molecule has 0 aromatic carbocycles. The Labute approximate surface area is 127 Å². The summed E-state index contributed by atoms with van der Waals surface area (Å²) in [6.45, 7) is 9.89. The normalized spacial score (nSPS) is 11.5. The molecular weight excluding hydrogens is 268 g/mol. The third-order valence-corrected chi connectivity index (χ3v) is 2.92. The van der Waals surface area contributed by atoms with Gasteiger partial charge in [-0.15, -0.1) is 0 Å². The Morgan fingerprint density at radius 3 is 2.57 bits per heavy atom.